The third-order valence-electron chi connectivity index (χ3n) is 1.20. The number of aryl methyl sites for hydroxylation is 1. The number of hydrogen-bond donors (Lipinski definition) is 1. The smallest absolute Gasteiger partial charge is 0.153 e. The van der Waals surface area contributed by atoms with Crippen molar-refractivity contribution in [2.45, 2.75) is 20.8 Å². The van der Waals surface area contributed by atoms with Gasteiger partial charge in [0.2, 0.25) is 0 Å². The first-order valence-corrected chi connectivity index (χ1v) is 4.94. The fourth-order valence-electron chi connectivity index (χ4n) is 0.756. The molecule has 1 rings (SSSR count). The molecule has 0 aromatic carbocycles. The van der Waals surface area contributed by atoms with Crippen molar-refractivity contribution in [3.8, 4) is 5.75 Å². The van der Waals surface area contributed by atoms with E-state index in [1.807, 2.05) is 20.8 Å². The molecule has 0 fully saturated rings. The zero-order chi connectivity index (χ0) is 9.72. The number of hydrogen-bond acceptors (Lipinski definition) is 3. The minimum absolute atomic E-state index is 0.532. The van der Waals surface area contributed by atoms with Gasteiger partial charge in [-0.05, 0) is 6.92 Å². The minimum atomic E-state index is 0.532. The standard InChI is InChI=1S/C6H8ClNOS.C2H6/c1-3-5(9-2)4(7)6(8)10-3;1-2/h8H2,1-2H3;1-2H3. The molecule has 1 aromatic heterocycles. The van der Waals surface area contributed by atoms with Crippen molar-refractivity contribution in [3.63, 3.8) is 0 Å². The zero-order valence-electron chi connectivity index (χ0n) is 7.77. The Morgan fingerprint density at radius 2 is 1.92 bits per heavy atom. The molecule has 0 saturated heterocycles. The summed E-state index contributed by atoms with van der Waals surface area (Å²) < 4.78 is 5.00. The van der Waals surface area contributed by atoms with Crippen LogP contribution in [0, 0.1) is 6.92 Å². The third kappa shape index (κ3) is 2.29. The molecule has 0 radical (unpaired) electrons. The topological polar surface area (TPSA) is 35.2 Å². The predicted molar refractivity (Wildman–Crippen MR) is 56.4 cm³/mol. The average molecular weight is 208 g/mol. The van der Waals surface area contributed by atoms with Crippen LogP contribution in [0.3, 0.4) is 0 Å². The van der Waals surface area contributed by atoms with E-state index in [-0.39, 0.29) is 0 Å². The maximum atomic E-state index is 5.77. The van der Waals surface area contributed by atoms with Crippen LogP contribution in [0.15, 0.2) is 0 Å². The molecule has 0 bridgehead atoms. The van der Waals surface area contributed by atoms with Crippen LogP contribution < -0.4 is 10.5 Å². The van der Waals surface area contributed by atoms with Crippen molar-refractivity contribution in [1.29, 1.82) is 0 Å². The van der Waals surface area contributed by atoms with Crippen LogP contribution in [0.25, 0.3) is 0 Å². The summed E-state index contributed by atoms with van der Waals surface area (Å²) in [5.74, 6) is 0.698. The van der Waals surface area contributed by atoms with Gasteiger partial charge in [0.1, 0.15) is 10.0 Å². The molecule has 0 atom stereocenters. The average Bonchev–Trinajstić information content (AvgIpc) is 2.31. The number of nitrogen functional groups attached to an aromatic ring is 1. The van der Waals surface area contributed by atoms with Crippen LogP contribution in [0.4, 0.5) is 5.00 Å². The summed E-state index contributed by atoms with van der Waals surface area (Å²) in [5, 5.41) is 1.15. The lowest BCUT2D eigenvalue weighted by molar-refractivity contribution is 0.414. The van der Waals surface area contributed by atoms with Crippen LogP contribution >= 0.6 is 22.9 Å². The summed E-state index contributed by atoms with van der Waals surface area (Å²) in [6.07, 6.45) is 0. The number of methoxy groups -OCH3 is 1. The summed E-state index contributed by atoms with van der Waals surface area (Å²) in [4.78, 5) is 1.02. The van der Waals surface area contributed by atoms with E-state index in [1.54, 1.807) is 7.11 Å². The predicted octanol–water partition coefficient (Wildman–Crippen LogP) is 3.33. The second-order valence-electron chi connectivity index (χ2n) is 1.87. The van der Waals surface area contributed by atoms with E-state index in [1.165, 1.54) is 11.3 Å². The van der Waals surface area contributed by atoms with Gasteiger partial charge in [0.05, 0.1) is 7.11 Å². The fourth-order valence-corrected chi connectivity index (χ4v) is 1.94. The molecule has 2 nitrogen and oxygen atoms in total. The highest BCUT2D eigenvalue weighted by Gasteiger charge is 2.10. The van der Waals surface area contributed by atoms with Gasteiger partial charge < -0.3 is 10.5 Å². The van der Waals surface area contributed by atoms with Crippen LogP contribution in [-0.4, -0.2) is 7.11 Å². The van der Waals surface area contributed by atoms with Gasteiger partial charge in [-0.25, -0.2) is 0 Å². The summed E-state index contributed by atoms with van der Waals surface area (Å²) in [5.41, 5.74) is 5.52. The van der Waals surface area contributed by atoms with Gasteiger partial charge in [-0.15, -0.1) is 11.3 Å². The first-order valence-electron chi connectivity index (χ1n) is 3.75. The largest absolute Gasteiger partial charge is 0.494 e. The van der Waals surface area contributed by atoms with Crippen LogP contribution in [0.1, 0.15) is 18.7 Å². The SMILES string of the molecule is CC.COc1c(C)sc(N)c1Cl. The van der Waals surface area contributed by atoms with Gasteiger partial charge in [-0.2, -0.15) is 0 Å². The summed E-state index contributed by atoms with van der Waals surface area (Å²) in [7, 11) is 1.58. The van der Waals surface area contributed by atoms with Gasteiger partial charge in [0.25, 0.3) is 0 Å². The summed E-state index contributed by atoms with van der Waals surface area (Å²) in [6.45, 7) is 5.92. The molecule has 2 N–H and O–H groups in total. The second kappa shape index (κ2) is 5.27. The maximum Gasteiger partial charge on any atom is 0.153 e. The first kappa shape index (κ1) is 11.6. The lowest BCUT2D eigenvalue weighted by atomic mass is 10.4. The highest BCUT2D eigenvalue weighted by atomic mass is 35.5. The van der Waals surface area contributed by atoms with Gasteiger partial charge in [0, 0.05) is 4.88 Å². The summed E-state index contributed by atoms with van der Waals surface area (Å²) >= 11 is 7.22. The van der Waals surface area contributed by atoms with Crippen LogP contribution in [0.2, 0.25) is 5.02 Å². The molecule has 70 valence electrons. The Hall–Kier alpha value is -0.410. The lowest BCUT2D eigenvalue weighted by Gasteiger charge is -1.96. The molecular formula is C8H14ClNOS. The van der Waals surface area contributed by atoms with Crippen molar-refractivity contribution in [1.82, 2.24) is 0 Å². The molecule has 0 amide bonds. The molecule has 0 aliphatic carbocycles. The van der Waals surface area contributed by atoms with E-state index in [2.05, 4.69) is 0 Å². The Labute approximate surface area is 82.3 Å². The number of thiophene rings is 1. The van der Waals surface area contributed by atoms with Crippen molar-refractivity contribution in [3.05, 3.63) is 9.90 Å². The monoisotopic (exact) mass is 207 g/mol. The fraction of sp³-hybridized carbons (Fsp3) is 0.500. The van der Waals surface area contributed by atoms with E-state index >= 15 is 0 Å². The number of halogens is 1. The van der Waals surface area contributed by atoms with Gasteiger partial charge in [-0.1, -0.05) is 25.4 Å². The van der Waals surface area contributed by atoms with Gasteiger partial charge in [-0.3, -0.25) is 0 Å². The van der Waals surface area contributed by atoms with Crippen molar-refractivity contribution < 1.29 is 4.74 Å². The van der Waals surface area contributed by atoms with E-state index in [9.17, 15) is 0 Å². The molecule has 1 aromatic rings. The van der Waals surface area contributed by atoms with E-state index in [0.717, 1.165) is 4.88 Å². The number of rotatable bonds is 1. The molecular weight excluding hydrogens is 194 g/mol. The normalized spacial score (nSPS) is 8.75. The zero-order valence-corrected chi connectivity index (χ0v) is 9.34. The Bertz CT molecular complexity index is 247. The van der Waals surface area contributed by atoms with E-state index in [0.29, 0.717) is 15.8 Å². The lowest BCUT2D eigenvalue weighted by Crippen LogP contribution is -1.83. The first-order chi connectivity index (χ1) is 5.66. The Morgan fingerprint density at radius 3 is 2.08 bits per heavy atom. The van der Waals surface area contributed by atoms with Crippen LogP contribution in [-0.2, 0) is 0 Å². The number of anilines is 1. The highest BCUT2D eigenvalue weighted by Crippen LogP contribution is 2.40. The molecule has 4 heteroatoms. The van der Waals surface area contributed by atoms with Crippen LogP contribution in [0.5, 0.6) is 5.75 Å². The highest BCUT2D eigenvalue weighted by molar-refractivity contribution is 7.17. The molecule has 0 saturated carbocycles. The minimum Gasteiger partial charge on any atom is -0.494 e. The Morgan fingerprint density at radius 1 is 1.42 bits per heavy atom. The molecule has 0 aliphatic heterocycles. The third-order valence-corrected chi connectivity index (χ3v) is 2.61. The van der Waals surface area contributed by atoms with E-state index in [4.69, 9.17) is 22.1 Å². The number of ether oxygens (including phenoxy) is 1. The number of nitrogens with two attached hydrogens (primary N) is 1. The Kier molecular flexibility index (Phi) is 5.09. The van der Waals surface area contributed by atoms with Gasteiger partial charge in [0.15, 0.2) is 5.75 Å². The molecule has 0 aliphatic rings. The quantitative estimate of drug-likeness (QED) is 0.767. The van der Waals surface area contributed by atoms with E-state index < -0.39 is 0 Å². The second-order valence-corrected chi connectivity index (χ2v) is 3.50. The molecule has 0 spiro atoms. The molecule has 12 heavy (non-hydrogen) atoms. The Balaban J connectivity index is 0.000000561. The van der Waals surface area contributed by atoms with Crippen molar-refractivity contribution in [2.75, 3.05) is 12.8 Å². The van der Waals surface area contributed by atoms with Crippen molar-refractivity contribution >= 4 is 27.9 Å². The summed E-state index contributed by atoms with van der Waals surface area (Å²) in [6, 6.07) is 0. The maximum absolute atomic E-state index is 5.77. The van der Waals surface area contributed by atoms with Crippen molar-refractivity contribution in [2.24, 2.45) is 0 Å². The van der Waals surface area contributed by atoms with Gasteiger partial charge >= 0.3 is 0 Å². The molecule has 1 heterocycles. The molecule has 0 unspecified atom stereocenters.